The number of hydrogen-bond acceptors (Lipinski definition) is 1. The molecular weight excluding hydrogens is 229 g/mol. The number of benzene rings is 1. The Hall–Kier alpha value is -1.38. The van der Waals surface area contributed by atoms with Gasteiger partial charge in [-0.05, 0) is 49.3 Å². The van der Waals surface area contributed by atoms with Gasteiger partial charge in [0.15, 0.2) is 0 Å². The van der Waals surface area contributed by atoms with Crippen LogP contribution in [0.5, 0.6) is 0 Å². The quantitative estimate of drug-likeness (QED) is 0.789. The Morgan fingerprint density at radius 2 is 2.06 bits per heavy atom. The van der Waals surface area contributed by atoms with Gasteiger partial charge in [0.2, 0.25) is 5.91 Å². The molecule has 98 valence electrons. The molecule has 1 aromatic rings. The second kappa shape index (κ2) is 5.51. The van der Waals surface area contributed by atoms with Gasteiger partial charge in [0.1, 0.15) is 5.82 Å². The minimum atomic E-state index is -0.117. The fourth-order valence-electron chi connectivity index (χ4n) is 2.64. The fraction of sp³-hybridized carbons (Fsp3) is 0.533. The molecule has 1 aromatic carbocycles. The highest BCUT2D eigenvalue weighted by Crippen LogP contribution is 2.24. The van der Waals surface area contributed by atoms with E-state index in [0.717, 1.165) is 43.5 Å². The Balaban J connectivity index is 1.96. The minimum absolute atomic E-state index is 0.117. The second-order valence-electron chi connectivity index (χ2n) is 5.18. The Labute approximate surface area is 108 Å². The molecule has 0 aromatic heterocycles. The van der Waals surface area contributed by atoms with Gasteiger partial charge in [-0.15, -0.1) is 0 Å². The van der Waals surface area contributed by atoms with E-state index in [1.54, 1.807) is 13.0 Å². The summed E-state index contributed by atoms with van der Waals surface area (Å²) in [6.45, 7) is 5.15. The third kappa shape index (κ3) is 2.89. The van der Waals surface area contributed by atoms with Gasteiger partial charge in [-0.3, -0.25) is 4.79 Å². The summed E-state index contributed by atoms with van der Waals surface area (Å²) in [4.78, 5) is 13.1. The maximum Gasteiger partial charge on any atom is 0.219 e. The fourth-order valence-corrected chi connectivity index (χ4v) is 2.64. The van der Waals surface area contributed by atoms with Crippen molar-refractivity contribution in [1.82, 2.24) is 4.90 Å². The standard InChI is InChI=1S/C15H20FNO/c1-11-14(4-3-5-15(11)16)10-13-6-8-17(9-7-13)12(2)18/h3-5,13H,6-10H2,1-2H3. The molecule has 0 unspecified atom stereocenters. The number of carbonyl (C=O) groups excluding carboxylic acids is 1. The van der Waals surface area contributed by atoms with Crippen LogP contribution >= 0.6 is 0 Å². The summed E-state index contributed by atoms with van der Waals surface area (Å²) in [6.07, 6.45) is 2.97. The van der Waals surface area contributed by atoms with E-state index in [4.69, 9.17) is 0 Å². The van der Waals surface area contributed by atoms with Crippen LogP contribution in [0.25, 0.3) is 0 Å². The van der Waals surface area contributed by atoms with Crippen LogP contribution in [0.15, 0.2) is 18.2 Å². The first-order valence-corrected chi connectivity index (χ1v) is 6.57. The molecule has 1 amide bonds. The van der Waals surface area contributed by atoms with Gasteiger partial charge in [-0.1, -0.05) is 12.1 Å². The van der Waals surface area contributed by atoms with E-state index in [0.29, 0.717) is 5.92 Å². The first-order chi connectivity index (χ1) is 8.58. The average Bonchev–Trinajstić information content (AvgIpc) is 2.36. The summed E-state index contributed by atoms with van der Waals surface area (Å²) < 4.78 is 13.4. The normalized spacial score (nSPS) is 16.9. The summed E-state index contributed by atoms with van der Waals surface area (Å²) in [6, 6.07) is 5.30. The van der Waals surface area contributed by atoms with Crippen molar-refractivity contribution in [3.05, 3.63) is 35.1 Å². The highest BCUT2D eigenvalue weighted by molar-refractivity contribution is 5.73. The van der Waals surface area contributed by atoms with Crippen LogP contribution in [0.3, 0.4) is 0 Å². The first kappa shape index (κ1) is 13.1. The molecule has 1 aliphatic rings. The number of amides is 1. The molecule has 3 heteroatoms. The number of rotatable bonds is 2. The summed E-state index contributed by atoms with van der Waals surface area (Å²) in [5.41, 5.74) is 1.88. The molecule has 0 aliphatic carbocycles. The van der Waals surface area contributed by atoms with Crippen LogP contribution in [-0.4, -0.2) is 23.9 Å². The van der Waals surface area contributed by atoms with Crippen LogP contribution in [0.1, 0.15) is 30.9 Å². The third-order valence-electron chi connectivity index (χ3n) is 3.95. The number of piperidine rings is 1. The molecule has 2 nitrogen and oxygen atoms in total. The molecule has 1 saturated heterocycles. The van der Waals surface area contributed by atoms with Gasteiger partial charge in [-0.25, -0.2) is 4.39 Å². The number of nitrogens with zero attached hydrogens (tertiary/aromatic N) is 1. The van der Waals surface area contributed by atoms with Crippen LogP contribution in [0.2, 0.25) is 0 Å². The highest BCUT2D eigenvalue weighted by Gasteiger charge is 2.21. The topological polar surface area (TPSA) is 20.3 Å². The smallest absolute Gasteiger partial charge is 0.219 e. The zero-order chi connectivity index (χ0) is 13.1. The number of carbonyl (C=O) groups is 1. The summed E-state index contributed by atoms with van der Waals surface area (Å²) in [7, 11) is 0. The lowest BCUT2D eigenvalue weighted by Gasteiger charge is -2.31. The molecule has 1 fully saturated rings. The first-order valence-electron chi connectivity index (χ1n) is 6.57. The van der Waals surface area contributed by atoms with Gasteiger partial charge in [0.05, 0.1) is 0 Å². The lowest BCUT2D eigenvalue weighted by Crippen LogP contribution is -2.37. The van der Waals surface area contributed by atoms with E-state index in [-0.39, 0.29) is 11.7 Å². The third-order valence-corrected chi connectivity index (χ3v) is 3.95. The van der Waals surface area contributed by atoms with Gasteiger partial charge >= 0.3 is 0 Å². The largest absolute Gasteiger partial charge is 0.343 e. The molecule has 0 radical (unpaired) electrons. The van der Waals surface area contributed by atoms with E-state index in [9.17, 15) is 9.18 Å². The number of halogens is 1. The van der Waals surface area contributed by atoms with Gasteiger partial charge in [0, 0.05) is 20.0 Å². The second-order valence-corrected chi connectivity index (χ2v) is 5.18. The van der Waals surface area contributed by atoms with Crippen LogP contribution in [0, 0.1) is 18.7 Å². The molecular formula is C15H20FNO. The molecule has 1 aliphatic heterocycles. The Morgan fingerprint density at radius 1 is 1.39 bits per heavy atom. The molecule has 18 heavy (non-hydrogen) atoms. The van der Waals surface area contributed by atoms with Gasteiger partial charge < -0.3 is 4.90 Å². The molecule has 0 saturated carbocycles. The molecule has 0 bridgehead atoms. The van der Waals surface area contributed by atoms with E-state index in [2.05, 4.69) is 0 Å². The average molecular weight is 249 g/mol. The van der Waals surface area contributed by atoms with Crippen LogP contribution in [-0.2, 0) is 11.2 Å². The molecule has 2 rings (SSSR count). The van der Waals surface area contributed by atoms with Crippen molar-refractivity contribution in [2.45, 2.75) is 33.1 Å². The predicted octanol–water partition coefficient (Wildman–Crippen LogP) is 2.94. The van der Waals surface area contributed by atoms with Gasteiger partial charge in [-0.2, -0.15) is 0 Å². The predicted molar refractivity (Wildman–Crippen MR) is 69.8 cm³/mol. The molecule has 1 heterocycles. The Bertz CT molecular complexity index is 436. The van der Waals surface area contributed by atoms with Crippen molar-refractivity contribution in [3.63, 3.8) is 0 Å². The number of likely N-dealkylation sites (tertiary alicyclic amines) is 1. The number of hydrogen-bond donors (Lipinski definition) is 0. The van der Waals surface area contributed by atoms with E-state index >= 15 is 0 Å². The van der Waals surface area contributed by atoms with E-state index in [1.165, 1.54) is 6.07 Å². The zero-order valence-electron chi connectivity index (χ0n) is 11.1. The van der Waals surface area contributed by atoms with Gasteiger partial charge in [0.25, 0.3) is 0 Å². The van der Waals surface area contributed by atoms with Crippen LogP contribution < -0.4 is 0 Å². The van der Waals surface area contributed by atoms with Crippen molar-refractivity contribution >= 4 is 5.91 Å². The van der Waals surface area contributed by atoms with Crippen LogP contribution in [0.4, 0.5) is 4.39 Å². The molecule has 0 N–H and O–H groups in total. The maximum atomic E-state index is 13.4. The Morgan fingerprint density at radius 3 is 2.67 bits per heavy atom. The van der Waals surface area contributed by atoms with Crippen molar-refractivity contribution in [1.29, 1.82) is 0 Å². The zero-order valence-corrected chi connectivity index (χ0v) is 11.1. The summed E-state index contributed by atoms with van der Waals surface area (Å²) >= 11 is 0. The lowest BCUT2D eigenvalue weighted by molar-refractivity contribution is -0.130. The minimum Gasteiger partial charge on any atom is -0.343 e. The van der Waals surface area contributed by atoms with Crippen molar-refractivity contribution in [3.8, 4) is 0 Å². The van der Waals surface area contributed by atoms with Crippen molar-refractivity contribution in [2.24, 2.45) is 5.92 Å². The molecule has 0 atom stereocenters. The lowest BCUT2D eigenvalue weighted by atomic mass is 9.88. The monoisotopic (exact) mass is 249 g/mol. The SMILES string of the molecule is CC(=O)N1CCC(Cc2cccc(F)c2C)CC1. The Kier molecular flexibility index (Phi) is 4.00. The van der Waals surface area contributed by atoms with Crippen molar-refractivity contribution < 1.29 is 9.18 Å². The summed E-state index contributed by atoms with van der Waals surface area (Å²) in [5, 5.41) is 0. The summed E-state index contributed by atoms with van der Waals surface area (Å²) in [5.74, 6) is 0.616. The molecule has 0 spiro atoms. The van der Waals surface area contributed by atoms with Crippen molar-refractivity contribution in [2.75, 3.05) is 13.1 Å². The highest BCUT2D eigenvalue weighted by atomic mass is 19.1. The van der Waals surface area contributed by atoms with E-state index < -0.39 is 0 Å². The van der Waals surface area contributed by atoms with E-state index in [1.807, 2.05) is 17.9 Å². The maximum absolute atomic E-state index is 13.4.